The minimum Gasteiger partial charge on any atom is -0.457 e. The quantitative estimate of drug-likeness (QED) is 0.339. The molecule has 0 aliphatic rings. The number of carbonyl (C=O) groups excluding carboxylic acids is 3. The van der Waals surface area contributed by atoms with E-state index in [1.807, 2.05) is 18.2 Å². The van der Waals surface area contributed by atoms with Crippen LogP contribution in [-0.2, 0) is 14.3 Å². The fraction of sp³-hybridized carbons (Fsp3) is 0.238. The highest BCUT2D eigenvalue weighted by Crippen LogP contribution is 2.32. The van der Waals surface area contributed by atoms with Gasteiger partial charge in [0, 0.05) is 19.6 Å². The first kappa shape index (κ1) is 24.2. The van der Waals surface area contributed by atoms with E-state index < -0.39 is 18.0 Å². The highest BCUT2D eigenvalue weighted by atomic mass is 16.5. The third kappa shape index (κ3) is 6.99. The molecule has 0 aromatic heterocycles. The van der Waals surface area contributed by atoms with Gasteiger partial charge in [-0.15, -0.1) is 0 Å². The highest BCUT2D eigenvalue weighted by Gasteiger charge is 2.19. The number of ether oxygens (including phenoxy) is 3. The van der Waals surface area contributed by atoms with E-state index >= 15 is 0 Å². The maximum absolute atomic E-state index is 12.0. The Kier molecular flexibility index (Phi) is 8.99. The molecule has 11 nitrogen and oxygen atoms in total. The topological polar surface area (TPSA) is 145 Å². The molecule has 170 valence electrons. The monoisotopic (exact) mass is 443 g/mol. The molecule has 2 aromatic rings. The lowest BCUT2D eigenvalue weighted by molar-refractivity contribution is -0.117. The molecule has 0 aliphatic heterocycles. The van der Waals surface area contributed by atoms with Crippen molar-refractivity contribution in [2.45, 2.75) is 13.3 Å². The van der Waals surface area contributed by atoms with E-state index in [4.69, 9.17) is 15.2 Å². The molecule has 0 saturated carbocycles. The third-order valence-electron chi connectivity index (χ3n) is 3.96. The fourth-order valence-corrected chi connectivity index (χ4v) is 2.49. The second-order valence-corrected chi connectivity index (χ2v) is 6.23. The number of methoxy groups -OCH3 is 2. The standard InChI is InChI=1S/C21H25N5O6/c1-4-18(27)24-20(25-21(29)31-3)23-16-12-15(32-14-8-6-5-7-9-14)10-11-17(16)26(13-30-2)19(22)28/h5-12H,4,13H2,1-3H3,(H2,22,28)(H2,23,24,25,27,29). The maximum atomic E-state index is 12.0. The molecular formula is C21H25N5O6. The van der Waals surface area contributed by atoms with Crippen molar-refractivity contribution in [2.75, 3.05) is 31.2 Å². The molecule has 11 heteroatoms. The van der Waals surface area contributed by atoms with E-state index in [1.54, 1.807) is 37.3 Å². The summed E-state index contributed by atoms with van der Waals surface area (Å²) in [5.74, 6) is 0.288. The van der Waals surface area contributed by atoms with Gasteiger partial charge in [-0.3, -0.25) is 15.0 Å². The van der Waals surface area contributed by atoms with Crippen LogP contribution in [0.1, 0.15) is 13.3 Å². The Morgan fingerprint density at radius 2 is 1.78 bits per heavy atom. The lowest BCUT2D eigenvalue weighted by atomic mass is 10.2. The number of aliphatic imine (C=N–C) groups is 1. The number of para-hydroxylation sites is 1. The zero-order valence-electron chi connectivity index (χ0n) is 18.0. The number of nitrogens with zero attached hydrogens (tertiary/aromatic N) is 2. The van der Waals surface area contributed by atoms with Crippen LogP contribution in [0.25, 0.3) is 0 Å². The number of amides is 4. The maximum Gasteiger partial charge on any atom is 0.413 e. The van der Waals surface area contributed by atoms with Crippen LogP contribution in [0.3, 0.4) is 0 Å². The van der Waals surface area contributed by atoms with E-state index in [9.17, 15) is 14.4 Å². The molecule has 0 unspecified atom stereocenters. The first-order valence-corrected chi connectivity index (χ1v) is 9.54. The van der Waals surface area contributed by atoms with Gasteiger partial charge in [-0.1, -0.05) is 25.1 Å². The predicted molar refractivity (Wildman–Crippen MR) is 119 cm³/mol. The van der Waals surface area contributed by atoms with Gasteiger partial charge in [0.15, 0.2) is 0 Å². The first-order chi connectivity index (χ1) is 15.4. The van der Waals surface area contributed by atoms with Crippen molar-refractivity contribution in [1.29, 1.82) is 0 Å². The van der Waals surface area contributed by atoms with Crippen molar-refractivity contribution in [3.63, 3.8) is 0 Å². The lowest BCUT2D eigenvalue weighted by Crippen LogP contribution is -2.39. The molecule has 4 N–H and O–H groups in total. The number of anilines is 2. The van der Waals surface area contributed by atoms with Crippen molar-refractivity contribution < 1.29 is 28.6 Å². The molecule has 32 heavy (non-hydrogen) atoms. The summed E-state index contributed by atoms with van der Waals surface area (Å²) < 4.78 is 15.5. The highest BCUT2D eigenvalue weighted by molar-refractivity contribution is 6.09. The first-order valence-electron chi connectivity index (χ1n) is 9.54. The largest absolute Gasteiger partial charge is 0.457 e. The summed E-state index contributed by atoms with van der Waals surface area (Å²) in [7, 11) is 2.57. The number of rotatable bonds is 7. The second kappa shape index (κ2) is 11.9. The summed E-state index contributed by atoms with van der Waals surface area (Å²) in [6.07, 6.45) is -0.739. The number of hydrogen-bond donors (Lipinski definition) is 3. The van der Waals surface area contributed by atoms with Gasteiger partial charge < -0.3 is 25.3 Å². The molecule has 0 atom stereocenters. The van der Waals surface area contributed by atoms with Gasteiger partial charge in [0.2, 0.25) is 11.9 Å². The Morgan fingerprint density at radius 1 is 1.06 bits per heavy atom. The van der Waals surface area contributed by atoms with Crippen LogP contribution in [0, 0.1) is 0 Å². The molecule has 0 heterocycles. The van der Waals surface area contributed by atoms with E-state index in [1.165, 1.54) is 14.2 Å². The molecule has 0 fully saturated rings. The van der Waals surface area contributed by atoms with Crippen molar-refractivity contribution >= 4 is 35.4 Å². The Bertz CT molecular complexity index is 980. The lowest BCUT2D eigenvalue weighted by Gasteiger charge is -2.24. The van der Waals surface area contributed by atoms with Gasteiger partial charge >= 0.3 is 12.1 Å². The van der Waals surface area contributed by atoms with Crippen LogP contribution in [0.15, 0.2) is 53.5 Å². The number of nitrogens with two attached hydrogens (primary N) is 1. The average Bonchev–Trinajstić information content (AvgIpc) is 2.78. The molecule has 0 aliphatic carbocycles. The smallest absolute Gasteiger partial charge is 0.413 e. The van der Waals surface area contributed by atoms with Crippen LogP contribution >= 0.6 is 0 Å². The van der Waals surface area contributed by atoms with Gasteiger partial charge in [0.1, 0.15) is 18.2 Å². The van der Waals surface area contributed by atoms with Gasteiger partial charge in [-0.25, -0.2) is 9.59 Å². The zero-order valence-corrected chi connectivity index (χ0v) is 18.0. The number of guanidine groups is 1. The van der Waals surface area contributed by atoms with Gasteiger partial charge in [-0.2, -0.15) is 4.99 Å². The summed E-state index contributed by atoms with van der Waals surface area (Å²) in [5.41, 5.74) is 6.05. The zero-order chi connectivity index (χ0) is 23.5. The number of nitrogens with one attached hydrogen (secondary N) is 2. The number of hydrogen-bond acceptors (Lipinski definition) is 6. The summed E-state index contributed by atoms with van der Waals surface area (Å²) >= 11 is 0. The molecule has 4 amide bonds. The molecule has 2 rings (SSSR count). The number of alkyl carbamates (subject to hydrolysis) is 1. The van der Waals surface area contributed by atoms with Crippen molar-refractivity contribution in [1.82, 2.24) is 5.32 Å². The minimum absolute atomic E-state index is 0.106. The van der Waals surface area contributed by atoms with Crippen LogP contribution < -0.4 is 26.0 Å². The van der Waals surface area contributed by atoms with Crippen molar-refractivity contribution in [3.8, 4) is 11.5 Å². The molecular weight excluding hydrogens is 418 g/mol. The normalized spacial score (nSPS) is 10.8. The SMILES string of the molecule is CCC(=O)N=C(NC(=O)OC)Nc1cc(Oc2ccccc2)ccc1N(COC)C(N)=O. The van der Waals surface area contributed by atoms with E-state index in [2.05, 4.69) is 20.4 Å². The van der Waals surface area contributed by atoms with Crippen molar-refractivity contribution in [2.24, 2.45) is 10.7 Å². The van der Waals surface area contributed by atoms with E-state index in [0.717, 1.165) is 4.90 Å². The summed E-state index contributed by atoms with van der Waals surface area (Å²) in [4.78, 5) is 40.6. The molecule has 0 radical (unpaired) electrons. The summed E-state index contributed by atoms with van der Waals surface area (Å²) in [5, 5.41) is 5.16. The average molecular weight is 443 g/mol. The predicted octanol–water partition coefficient (Wildman–Crippen LogP) is 3.03. The van der Waals surface area contributed by atoms with Crippen LogP contribution in [0.4, 0.5) is 21.0 Å². The summed E-state index contributed by atoms with van der Waals surface area (Å²) in [6.45, 7) is 1.47. The van der Waals surface area contributed by atoms with E-state index in [0.29, 0.717) is 17.2 Å². The number of benzene rings is 2. The van der Waals surface area contributed by atoms with Crippen LogP contribution in [0.5, 0.6) is 11.5 Å². The van der Waals surface area contributed by atoms with Crippen molar-refractivity contribution in [3.05, 3.63) is 48.5 Å². The van der Waals surface area contributed by atoms with Gasteiger partial charge in [-0.05, 0) is 24.3 Å². The minimum atomic E-state index is -0.845. The fourth-order valence-electron chi connectivity index (χ4n) is 2.49. The number of carbonyl (C=O) groups is 3. The summed E-state index contributed by atoms with van der Waals surface area (Å²) in [6, 6.07) is 13.0. The Morgan fingerprint density at radius 3 is 2.38 bits per heavy atom. The van der Waals surface area contributed by atoms with Crippen LogP contribution in [0.2, 0.25) is 0 Å². The van der Waals surface area contributed by atoms with Gasteiger partial charge in [0.05, 0.1) is 18.5 Å². The molecule has 2 aromatic carbocycles. The van der Waals surface area contributed by atoms with E-state index in [-0.39, 0.29) is 24.8 Å². The number of primary amides is 1. The van der Waals surface area contributed by atoms with Gasteiger partial charge in [0.25, 0.3) is 0 Å². The molecule has 0 bridgehead atoms. The molecule has 0 saturated heterocycles. The Hall–Kier alpha value is -4.12. The Labute approximate surface area is 185 Å². The van der Waals surface area contributed by atoms with Crippen LogP contribution in [-0.4, -0.2) is 44.9 Å². The molecule has 0 spiro atoms. The second-order valence-electron chi connectivity index (χ2n) is 6.23. The number of urea groups is 1. The Balaban J connectivity index is 2.50. The third-order valence-corrected chi connectivity index (χ3v) is 3.96.